The molecule has 12 heavy (non-hydrogen) atoms. The standard InChI is InChI=1S/C7H5NOS.C2H6/c10-7-8-5-3-1-2-4-6(5)9-7;1-2/h1-4H,(H,8,10);1-2H3. The first-order chi connectivity index (χ1) is 5.86. The van der Waals surface area contributed by atoms with Crippen LogP contribution in [0.25, 0.3) is 11.1 Å². The molecular formula is C9H11NOS. The molecule has 64 valence electrons. The summed E-state index contributed by atoms with van der Waals surface area (Å²) in [5, 5.41) is 0. The molecule has 0 atom stereocenters. The highest BCUT2D eigenvalue weighted by atomic mass is 32.1. The third-order valence-electron chi connectivity index (χ3n) is 1.33. The van der Waals surface area contributed by atoms with E-state index in [0.717, 1.165) is 11.1 Å². The average molecular weight is 181 g/mol. The maximum absolute atomic E-state index is 5.13. The van der Waals surface area contributed by atoms with Crippen molar-refractivity contribution in [3.05, 3.63) is 29.1 Å². The lowest BCUT2D eigenvalue weighted by Gasteiger charge is -1.80. The van der Waals surface area contributed by atoms with Gasteiger partial charge in [0.2, 0.25) is 0 Å². The van der Waals surface area contributed by atoms with Gasteiger partial charge in [0.25, 0.3) is 4.84 Å². The fourth-order valence-electron chi connectivity index (χ4n) is 0.894. The lowest BCUT2D eigenvalue weighted by atomic mass is 10.3. The molecule has 1 aromatic heterocycles. The Hall–Kier alpha value is -1.09. The number of fused-ring (bicyclic) bond motifs is 1. The highest BCUT2D eigenvalue weighted by Crippen LogP contribution is 2.10. The predicted octanol–water partition coefficient (Wildman–Crippen LogP) is 3.52. The Balaban J connectivity index is 0.000000336. The zero-order valence-corrected chi connectivity index (χ0v) is 7.94. The number of hydrogen-bond acceptors (Lipinski definition) is 2. The van der Waals surface area contributed by atoms with Crippen LogP contribution in [0, 0.1) is 4.84 Å². The second-order valence-electron chi connectivity index (χ2n) is 2.01. The van der Waals surface area contributed by atoms with Gasteiger partial charge in [0.15, 0.2) is 5.58 Å². The fraction of sp³-hybridized carbons (Fsp3) is 0.222. The van der Waals surface area contributed by atoms with Gasteiger partial charge >= 0.3 is 0 Å². The van der Waals surface area contributed by atoms with E-state index in [0.29, 0.717) is 4.84 Å². The quantitative estimate of drug-likeness (QED) is 0.630. The molecule has 2 nitrogen and oxygen atoms in total. The molecule has 0 amide bonds. The number of benzene rings is 1. The van der Waals surface area contributed by atoms with E-state index in [2.05, 4.69) is 4.98 Å². The van der Waals surface area contributed by atoms with Crippen molar-refractivity contribution in [1.82, 2.24) is 4.98 Å². The molecule has 0 saturated carbocycles. The molecular weight excluding hydrogens is 170 g/mol. The minimum atomic E-state index is 0.432. The van der Waals surface area contributed by atoms with Gasteiger partial charge in [-0.1, -0.05) is 26.0 Å². The highest BCUT2D eigenvalue weighted by molar-refractivity contribution is 7.71. The van der Waals surface area contributed by atoms with Crippen molar-refractivity contribution in [3.63, 3.8) is 0 Å². The molecule has 0 fully saturated rings. The van der Waals surface area contributed by atoms with Gasteiger partial charge in [-0.15, -0.1) is 0 Å². The Bertz CT molecular complexity index is 366. The van der Waals surface area contributed by atoms with E-state index in [-0.39, 0.29) is 0 Å². The van der Waals surface area contributed by atoms with E-state index in [1.165, 1.54) is 0 Å². The molecule has 1 aromatic carbocycles. The second-order valence-corrected chi connectivity index (χ2v) is 2.38. The summed E-state index contributed by atoms with van der Waals surface area (Å²) in [6.45, 7) is 4.00. The third-order valence-corrected chi connectivity index (χ3v) is 1.51. The van der Waals surface area contributed by atoms with Gasteiger partial charge in [0.05, 0.1) is 5.52 Å². The zero-order chi connectivity index (χ0) is 8.97. The van der Waals surface area contributed by atoms with E-state index in [4.69, 9.17) is 16.6 Å². The van der Waals surface area contributed by atoms with Gasteiger partial charge in [0.1, 0.15) is 0 Å². The first kappa shape index (κ1) is 9.00. The van der Waals surface area contributed by atoms with Crippen LogP contribution in [0.1, 0.15) is 13.8 Å². The number of rotatable bonds is 0. The van der Waals surface area contributed by atoms with Crippen molar-refractivity contribution in [3.8, 4) is 0 Å². The molecule has 1 N–H and O–H groups in total. The molecule has 2 aromatic rings. The van der Waals surface area contributed by atoms with E-state index >= 15 is 0 Å². The monoisotopic (exact) mass is 181 g/mol. The van der Waals surface area contributed by atoms with Gasteiger partial charge < -0.3 is 9.40 Å². The van der Waals surface area contributed by atoms with Crippen LogP contribution in [0.5, 0.6) is 0 Å². The number of aromatic amines is 1. The van der Waals surface area contributed by atoms with E-state index < -0.39 is 0 Å². The summed E-state index contributed by atoms with van der Waals surface area (Å²) in [5.74, 6) is 0. The van der Waals surface area contributed by atoms with E-state index in [1.54, 1.807) is 0 Å². The Kier molecular flexibility index (Phi) is 3.05. The summed E-state index contributed by atoms with van der Waals surface area (Å²) in [4.78, 5) is 3.34. The van der Waals surface area contributed by atoms with Crippen LogP contribution in [-0.4, -0.2) is 4.98 Å². The summed E-state index contributed by atoms with van der Waals surface area (Å²) in [6.07, 6.45) is 0. The SMILES string of the molecule is CC.S=c1[nH]c2ccccc2o1. The van der Waals surface area contributed by atoms with Crippen molar-refractivity contribution in [2.45, 2.75) is 13.8 Å². The van der Waals surface area contributed by atoms with Gasteiger partial charge in [-0.2, -0.15) is 0 Å². The number of aromatic nitrogens is 1. The molecule has 0 spiro atoms. The number of para-hydroxylation sites is 2. The summed E-state index contributed by atoms with van der Waals surface area (Å²) >= 11 is 4.79. The zero-order valence-electron chi connectivity index (χ0n) is 7.13. The Morgan fingerprint density at radius 3 is 2.58 bits per heavy atom. The Morgan fingerprint density at radius 1 is 1.25 bits per heavy atom. The number of nitrogens with one attached hydrogen (secondary N) is 1. The summed E-state index contributed by atoms with van der Waals surface area (Å²) in [6, 6.07) is 7.65. The number of oxazole rings is 1. The van der Waals surface area contributed by atoms with Gasteiger partial charge in [-0.05, 0) is 24.4 Å². The number of H-pyrrole nitrogens is 1. The second kappa shape index (κ2) is 4.07. The molecule has 0 bridgehead atoms. The van der Waals surface area contributed by atoms with Crippen molar-refractivity contribution >= 4 is 23.3 Å². The molecule has 0 saturated heterocycles. The van der Waals surface area contributed by atoms with Crippen molar-refractivity contribution in [1.29, 1.82) is 0 Å². The minimum absolute atomic E-state index is 0.432. The van der Waals surface area contributed by atoms with Crippen LogP contribution < -0.4 is 0 Å². The van der Waals surface area contributed by atoms with Crippen molar-refractivity contribution in [2.75, 3.05) is 0 Å². The lowest BCUT2D eigenvalue weighted by Crippen LogP contribution is -1.62. The molecule has 3 heteroatoms. The van der Waals surface area contributed by atoms with Gasteiger partial charge in [-0.25, -0.2) is 0 Å². The van der Waals surface area contributed by atoms with Crippen LogP contribution in [0.15, 0.2) is 28.7 Å². The topological polar surface area (TPSA) is 28.9 Å². The smallest absolute Gasteiger partial charge is 0.266 e. The van der Waals surface area contributed by atoms with Crippen molar-refractivity contribution < 1.29 is 4.42 Å². The largest absolute Gasteiger partial charge is 0.429 e. The predicted molar refractivity (Wildman–Crippen MR) is 52.7 cm³/mol. The van der Waals surface area contributed by atoms with Crippen LogP contribution in [0.4, 0.5) is 0 Å². The van der Waals surface area contributed by atoms with Crippen LogP contribution in [0.3, 0.4) is 0 Å². The summed E-state index contributed by atoms with van der Waals surface area (Å²) in [7, 11) is 0. The molecule has 0 unspecified atom stereocenters. The average Bonchev–Trinajstić information content (AvgIpc) is 2.48. The summed E-state index contributed by atoms with van der Waals surface area (Å²) < 4.78 is 5.13. The maximum atomic E-state index is 5.13. The van der Waals surface area contributed by atoms with E-state index in [1.807, 2.05) is 38.1 Å². The molecule has 0 radical (unpaired) electrons. The fourth-order valence-corrected chi connectivity index (χ4v) is 1.09. The third kappa shape index (κ3) is 1.74. The number of hydrogen-bond donors (Lipinski definition) is 1. The highest BCUT2D eigenvalue weighted by Gasteiger charge is 1.93. The molecule has 0 aliphatic heterocycles. The van der Waals surface area contributed by atoms with Gasteiger partial charge in [0, 0.05) is 0 Å². The van der Waals surface area contributed by atoms with Crippen LogP contribution in [-0.2, 0) is 0 Å². The molecule has 2 rings (SSSR count). The van der Waals surface area contributed by atoms with E-state index in [9.17, 15) is 0 Å². The normalized spacial score (nSPS) is 9.17. The molecule has 1 heterocycles. The van der Waals surface area contributed by atoms with Crippen LogP contribution in [0.2, 0.25) is 0 Å². The van der Waals surface area contributed by atoms with Crippen molar-refractivity contribution in [2.24, 2.45) is 0 Å². The maximum Gasteiger partial charge on any atom is 0.266 e. The first-order valence-corrected chi connectivity index (χ1v) is 4.35. The first-order valence-electron chi connectivity index (χ1n) is 3.94. The molecule has 0 aliphatic carbocycles. The lowest BCUT2D eigenvalue weighted by molar-refractivity contribution is 0.583. The van der Waals surface area contributed by atoms with Crippen LogP contribution >= 0.6 is 12.2 Å². The van der Waals surface area contributed by atoms with Gasteiger partial charge in [-0.3, -0.25) is 0 Å². The summed E-state index contributed by atoms with van der Waals surface area (Å²) in [5.41, 5.74) is 1.76. The Morgan fingerprint density at radius 2 is 1.92 bits per heavy atom. The molecule has 0 aliphatic rings. The Labute approximate surface area is 76.2 Å². The minimum Gasteiger partial charge on any atom is -0.429 e.